The molecule has 18 heavy (non-hydrogen) atoms. The van der Waals surface area contributed by atoms with Gasteiger partial charge >= 0.3 is 11.9 Å². The van der Waals surface area contributed by atoms with Crippen LogP contribution < -0.4 is 4.90 Å². The molecule has 1 saturated heterocycles. The molecule has 0 spiro atoms. The van der Waals surface area contributed by atoms with Crippen LogP contribution in [0.4, 0.5) is 5.82 Å². The van der Waals surface area contributed by atoms with Crippen molar-refractivity contribution >= 4 is 17.8 Å². The van der Waals surface area contributed by atoms with Crippen LogP contribution in [-0.2, 0) is 9.53 Å². The largest absolute Gasteiger partial charge is 0.481 e. The molecular formula is C11H13N3O4. The van der Waals surface area contributed by atoms with E-state index in [1.165, 1.54) is 7.11 Å². The number of carbonyl (C=O) groups is 2. The van der Waals surface area contributed by atoms with Crippen molar-refractivity contribution in [2.24, 2.45) is 5.92 Å². The maximum atomic E-state index is 11.1. The molecule has 0 unspecified atom stereocenters. The van der Waals surface area contributed by atoms with Gasteiger partial charge in [0.25, 0.3) is 0 Å². The number of carboxylic acids is 1. The van der Waals surface area contributed by atoms with Gasteiger partial charge in [0.2, 0.25) is 0 Å². The van der Waals surface area contributed by atoms with Crippen LogP contribution in [0.2, 0.25) is 0 Å². The molecule has 1 N–H and O–H groups in total. The Hall–Kier alpha value is -2.18. The number of anilines is 1. The van der Waals surface area contributed by atoms with Crippen molar-refractivity contribution < 1.29 is 19.4 Å². The molecule has 2 rings (SSSR count). The van der Waals surface area contributed by atoms with Gasteiger partial charge in [0.1, 0.15) is 0 Å². The topological polar surface area (TPSA) is 92.6 Å². The lowest BCUT2D eigenvalue weighted by atomic mass is 9.96. The van der Waals surface area contributed by atoms with Gasteiger partial charge in [-0.3, -0.25) is 4.79 Å². The molecule has 0 aromatic carbocycles. The molecule has 1 fully saturated rings. The smallest absolute Gasteiger partial charge is 0.358 e. The molecule has 0 aliphatic carbocycles. The third-order valence-corrected chi connectivity index (χ3v) is 2.79. The summed E-state index contributed by atoms with van der Waals surface area (Å²) >= 11 is 0. The zero-order chi connectivity index (χ0) is 13.1. The number of carboxylic acid groups (broad SMARTS) is 1. The van der Waals surface area contributed by atoms with Gasteiger partial charge < -0.3 is 14.7 Å². The van der Waals surface area contributed by atoms with Crippen molar-refractivity contribution in [2.75, 3.05) is 25.1 Å². The maximum Gasteiger partial charge on any atom is 0.358 e. The summed E-state index contributed by atoms with van der Waals surface area (Å²) in [4.78, 5) is 23.6. The highest BCUT2D eigenvalue weighted by Gasteiger charge is 2.29. The number of aliphatic carboxylic acids is 1. The summed E-state index contributed by atoms with van der Waals surface area (Å²) in [6.45, 7) is 1.30. The Kier molecular flexibility index (Phi) is 3.40. The molecule has 0 atom stereocenters. The molecule has 1 aliphatic heterocycles. The molecule has 0 bridgehead atoms. The summed E-state index contributed by atoms with van der Waals surface area (Å²) in [5, 5.41) is 16.3. The van der Waals surface area contributed by atoms with Gasteiger partial charge in [-0.2, -0.15) is 0 Å². The van der Waals surface area contributed by atoms with Gasteiger partial charge in [0.15, 0.2) is 11.5 Å². The molecule has 7 heteroatoms. The van der Waals surface area contributed by atoms with Crippen LogP contribution in [0.1, 0.15) is 16.9 Å². The van der Waals surface area contributed by atoms with Crippen LogP contribution >= 0.6 is 0 Å². The van der Waals surface area contributed by atoms with Crippen molar-refractivity contribution in [3.05, 3.63) is 17.8 Å². The first kappa shape index (κ1) is 12.3. The van der Waals surface area contributed by atoms with Gasteiger partial charge in [-0.15, -0.1) is 10.2 Å². The Morgan fingerprint density at radius 2 is 2.17 bits per heavy atom. The number of nitrogens with zero attached hydrogens (tertiary/aromatic N) is 3. The minimum atomic E-state index is -0.785. The quantitative estimate of drug-likeness (QED) is 0.762. The van der Waals surface area contributed by atoms with E-state index in [4.69, 9.17) is 5.11 Å². The maximum absolute atomic E-state index is 11.1. The summed E-state index contributed by atoms with van der Waals surface area (Å²) in [6, 6.07) is 3.22. The molecular weight excluding hydrogens is 238 g/mol. The molecule has 1 aromatic rings. The number of hydrogen-bond acceptors (Lipinski definition) is 6. The van der Waals surface area contributed by atoms with E-state index in [0.717, 1.165) is 0 Å². The number of methoxy groups -OCH3 is 1. The van der Waals surface area contributed by atoms with Crippen molar-refractivity contribution in [1.82, 2.24) is 10.2 Å². The predicted molar refractivity (Wildman–Crippen MR) is 61.3 cm³/mol. The first-order valence-electron chi connectivity index (χ1n) is 5.49. The zero-order valence-corrected chi connectivity index (χ0v) is 9.87. The second-order valence-corrected chi connectivity index (χ2v) is 4.14. The van der Waals surface area contributed by atoms with Crippen molar-refractivity contribution in [3.8, 4) is 0 Å². The fraction of sp³-hybridized carbons (Fsp3) is 0.455. The molecule has 1 aliphatic rings. The Bertz CT molecular complexity index is 454. The summed E-state index contributed by atoms with van der Waals surface area (Å²) in [5.74, 6) is -0.512. The Labute approximate surface area is 103 Å². The van der Waals surface area contributed by atoms with Crippen LogP contribution in [0.5, 0.6) is 0 Å². The van der Waals surface area contributed by atoms with Crippen LogP contribution in [0.25, 0.3) is 0 Å². The van der Waals surface area contributed by atoms with Crippen molar-refractivity contribution in [2.45, 2.75) is 6.42 Å². The lowest BCUT2D eigenvalue weighted by Crippen LogP contribution is -2.48. The second-order valence-electron chi connectivity index (χ2n) is 4.14. The van der Waals surface area contributed by atoms with Crippen LogP contribution in [0, 0.1) is 5.92 Å². The fourth-order valence-corrected chi connectivity index (χ4v) is 1.84. The van der Waals surface area contributed by atoms with Gasteiger partial charge in [0.05, 0.1) is 13.5 Å². The summed E-state index contributed by atoms with van der Waals surface area (Å²) in [7, 11) is 1.28. The molecule has 0 amide bonds. The minimum absolute atomic E-state index is 0.156. The average molecular weight is 251 g/mol. The van der Waals surface area contributed by atoms with Gasteiger partial charge in [0, 0.05) is 19.0 Å². The standard InChI is InChI=1S/C11H13N3O4/c1-18-11(17)8-2-3-9(13-12-8)14-5-7(6-14)4-10(15)16/h2-3,7H,4-6H2,1H3,(H,15,16). The number of carbonyl (C=O) groups excluding carboxylic acids is 1. The number of ether oxygens (including phenoxy) is 1. The highest BCUT2D eigenvalue weighted by molar-refractivity contribution is 5.87. The van der Waals surface area contributed by atoms with Crippen LogP contribution in [-0.4, -0.2) is 47.4 Å². The summed E-state index contributed by atoms with van der Waals surface area (Å²) < 4.78 is 4.52. The van der Waals surface area contributed by atoms with Crippen LogP contribution in [0.3, 0.4) is 0 Å². The Balaban J connectivity index is 1.92. The monoisotopic (exact) mass is 251 g/mol. The van der Waals surface area contributed by atoms with Gasteiger partial charge in [-0.25, -0.2) is 4.79 Å². The van der Waals surface area contributed by atoms with E-state index < -0.39 is 11.9 Å². The molecule has 0 saturated carbocycles. The molecule has 96 valence electrons. The summed E-state index contributed by atoms with van der Waals surface area (Å²) in [5.41, 5.74) is 0.156. The fourth-order valence-electron chi connectivity index (χ4n) is 1.84. The number of hydrogen-bond donors (Lipinski definition) is 1. The first-order chi connectivity index (χ1) is 8.60. The van der Waals surface area contributed by atoms with E-state index in [2.05, 4.69) is 14.9 Å². The number of esters is 1. The highest BCUT2D eigenvalue weighted by atomic mass is 16.5. The van der Waals surface area contributed by atoms with E-state index in [1.807, 2.05) is 4.90 Å². The third-order valence-electron chi connectivity index (χ3n) is 2.79. The molecule has 1 aromatic heterocycles. The molecule has 7 nitrogen and oxygen atoms in total. The number of rotatable bonds is 4. The van der Waals surface area contributed by atoms with Gasteiger partial charge in [-0.05, 0) is 12.1 Å². The molecule has 0 radical (unpaired) electrons. The normalized spacial score (nSPS) is 15.1. The second kappa shape index (κ2) is 4.99. The molecule has 2 heterocycles. The van der Waals surface area contributed by atoms with E-state index in [9.17, 15) is 9.59 Å². The average Bonchev–Trinajstić information content (AvgIpc) is 2.32. The van der Waals surface area contributed by atoms with E-state index >= 15 is 0 Å². The SMILES string of the molecule is COC(=O)c1ccc(N2CC(CC(=O)O)C2)nn1. The minimum Gasteiger partial charge on any atom is -0.481 e. The highest BCUT2D eigenvalue weighted by Crippen LogP contribution is 2.24. The van der Waals surface area contributed by atoms with E-state index in [1.54, 1.807) is 12.1 Å². The lowest BCUT2D eigenvalue weighted by Gasteiger charge is -2.39. The van der Waals surface area contributed by atoms with Crippen molar-refractivity contribution in [1.29, 1.82) is 0 Å². The van der Waals surface area contributed by atoms with Crippen LogP contribution in [0.15, 0.2) is 12.1 Å². The first-order valence-corrected chi connectivity index (χ1v) is 5.49. The Morgan fingerprint density at radius 1 is 1.44 bits per heavy atom. The zero-order valence-electron chi connectivity index (χ0n) is 9.87. The lowest BCUT2D eigenvalue weighted by molar-refractivity contribution is -0.138. The van der Waals surface area contributed by atoms with E-state index in [0.29, 0.717) is 18.9 Å². The Morgan fingerprint density at radius 3 is 2.67 bits per heavy atom. The van der Waals surface area contributed by atoms with E-state index in [-0.39, 0.29) is 18.0 Å². The summed E-state index contributed by atoms with van der Waals surface area (Å²) in [6.07, 6.45) is 0.171. The van der Waals surface area contributed by atoms with Crippen molar-refractivity contribution in [3.63, 3.8) is 0 Å². The van der Waals surface area contributed by atoms with Gasteiger partial charge in [-0.1, -0.05) is 0 Å². The number of aromatic nitrogens is 2. The predicted octanol–water partition coefficient (Wildman–Crippen LogP) is 0.174. The third kappa shape index (κ3) is 2.55.